The van der Waals surface area contributed by atoms with Crippen LogP contribution in [-0.2, 0) is 9.05 Å². The molecule has 0 unspecified atom stereocenters. The summed E-state index contributed by atoms with van der Waals surface area (Å²) < 4.78 is 11.0. The van der Waals surface area contributed by atoms with E-state index >= 15 is 0 Å². The van der Waals surface area contributed by atoms with Crippen LogP contribution in [0.25, 0.3) is 0 Å². The maximum atomic E-state index is 5.51. The first kappa shape index (κ1) is 8.96. The second-order valence-electron chi connectivity index (χ2n) is 3.48. The van der Waals surface area contributed by atoms with Crippen molar-refractivity contribution in [2.24, 2.45) is 5.41 Å². The molecule has 0 saturated carbocycles. The molecule has 10 heavy (non-hydrogen) atoms. The summed E-state index contributed by atoms with van der Waals surface area (Å²) >= 11 is 2.96. The van der Waals surface area contributed by atoms with Crippen LogP contribution in [0.2, 0.25) is 0 Å². The van der Waals surface area contributed by atoms with Crippen molar-refractivity contribution in [3.63, 3.8) is 0 Å². The summed E-state index contributed by atoms with van der Waals surface area (Å²) in [6.45, 7) is 7.91. The topological polar surface area (TPSA) is 18.5 Å². The van der Waals surface area contributed by atoms with E-state index in [9.17, 15) is 0 Å². The Morgan fingerprint density at radius 1 is 1.30 bits per heavy atom. The van der Waals surface area contributed by atoms with Crippen molar-refractivity contribution in [3.05, 3.63) is 0 Å². The normalized spacial score (nSPS) is 29.9. The average Bonchev–Trinajstić information content (AvgIpc) is 1.79. The van der Waals surface area contributed by atoms with Crippen LogP contribution in [0.4, 0.5) is 0 Å². The summed E-state index contributed by atoms with van der Waals surface area (Å²) in [5.74, 6) is -1.54. The molecule has 2 nitrogen and oxygen atoms in total. The van der Waals surface area contributed by atoms with Gasteiger partial charge in [0.25, 0.3) is 0 Å². The van der Waals surface area contributed by atoms with Crippen LogP contribution in [0.3, 0.4) is 0 Å². The molecule has 1 aliphatic rings. The molecule has 1 rings (SSSR count). The summed E-state index contributed by atoms with van der Waals surface area (Å²) in [5, 5.41) is 0. The summed E-state index contributed by atoms with van der Waals surface area (Å²) in [6.07, 6.45) is 0. The minimum atomic E-state index is -1.54. The predicted molar refractivity (Wildman–Crippen MR) is 44.3 cm³/mol. The van der Waals surface area contributed by atoms with Crippen LogP contribution in [-0.4, -0.2) is 35.0 Å². The van der Waals surface area contributed by atoms with E-state index in [1.165, 1.54) is 0 Å². The van der Waals surface area contributed by atoms with Crippen molar-refractivity contribution in [2.45, 2.75) is 13.8 Å². The molecule has 0 aromatic carbocycles. The van der Waals surface area contributed by atoms with E-state index < -0.39 is 5.96 Å². The van der Waals surface area contributed by atoms with Gasteiger partial charge in [-0.3, -0.25) is 0 Å². The molecule has 0 radical (unpaired) electrons. The van der Waals surface area contributed by atoms with Crippen molar-refractivity contribution in [1.29, 1.82) is 0 Å². The molecule has 0 aromatic rings. The fourth-order valence-corrected chi connectivity index (χ4v) is 2.57. The molecule has 4 heteroatoms. The standard InChI is InChI=1S/C6H13O2PSe/c1-6(2)4-7-9(3,10)8-5-6/h4-5H2,1-3H3. The Morgan fingerprint density at radius 2 is 1.70 bits per heavy atom. The molecule has 60 valence electrons. The van der Waals surface area contributed by atoms with Crippen molar-refractivity contribution >= 4 is 21.1 Å². The van der Waals surface area contributed by atoms with Gasteiger partial charge < -0.3 is 0 Å². The molecular formula is C6H13O2PSe. The molecule has 0 amide bonds. The second-order valence-corrected chi connectivity index (χ2v) is 9.72. The predicted octanol–water partition coefficient (Wildman–Crippen LogP) is 1.62. The van der Waals surface area contributed by atoms with Crippen LogP contribution in [0.1, 0.15) is 13.8 Å². The van der Waals surface area contributed by atoms with Crippen LogP contribution >= 0.6 is 5.96 Å². The Balaban J connectivity index is 2.54. The Kier molecular flexibility index (Phi) is 2.44. The molecular weight excluding hydrogens is 214 g/mol. The van der Waals surface area contributed by atoms with Crippen LogP contribution in [0.15, 0.2) is 0 Å². The van der Waals surface area contributed by atoms with Gasteiger partial charge in [0.05, 0.1) is 0 Å². The third-order valence-electron chi connectivity index (χ3n) is 1.38. The zero-order valence-electron chi connectivity index (χ0n) is 6.59. The summed E-state index contributed by atoms with van der Waals surface area (Å²) in [6, 6.07) is 0. The Morgan fingerprint density at radius 3 is 2.00 bits per heavy atom. The number of hydrogen-bond acceptors (Lipinski definition) is 2. The van der Waals surface area contributed by atoms with Crippen molar-refractivity contribution in [2.75, 3.05) is 19.9 Å². The van der Waals surface area contributed by atoms with Gasteiger partial charge >= 0.3 is 69.2 Å². The average molecular weight is 227 g/mol. The Bertz CT molecular complexity index is 165. The maximum absolute atomic E-state index is 5.51. The first-order chi connectivity index (χ1) is 4.41. The number of hydrogen-bond donors (Lipinski definition) is 0. The van der Waals surface area contributed by atoms with Gasteiger partial charge in [0.2, 0.25) is 0 Å². The van der Waals surface area contributed by atoms with Crippen molar-refractivity contribution in [1.82, 2.24) is 0 Å². The van der Waals surface area contributed by atoms with E-state index in [4.69, 9.17) is 9.05 Å². The summed E-state index contributed by atoms with van der Waals surface area (Å²) in [5.41, 5.74) is 0.198. The van der Waals surface area contributed by atoms with Crippen LogP contribution in [0.5, 0.6) is 0 Å². The zero-order valence-corrected chi connectivity index (χ0v) is 9.19. The van der Waals surface area contributed by atoms with Crippen molar-refractivity contribution in [3.8, 4) is 0 Å². The fourth-order valence-electron chi connectivity index (χ4n) is 0.663. The van der Waals surface area contributed by atoms with Gasteiger partial charge in [-0.25, -0.2) is 0 Å². The third-order valence-corrected chi connectivity index (χ3v) is 3.90. The number of rotatable bonds is 0. The Hall–Kier alpha value is 0.869. The molecule has 0 atom stereocenters. The molecule has 1 heterocycles. The molecule has 0 bridgehead atoms. The second kappa shape index (κ2) is 2.73. The van der Waals surface area contributed by atoms with Gasteiger partial charge in [0, 0.05) is 0 Å². The SMILES string of the molecule is CC1(C)COP(C)(=[Se])OC1. The van der Waals surface area contributed by atoms with E-state index in [1.807, 2.05) is 6.66 Å². The van der Waals surface area contributed by atoms with Gasteiger partial charge in [0.15, 0.2) is 0 Å². The molecule has 0 N–H and O–H groups in total. The summed E-state index contributed by atoms with van der Waals surface area (Å²) in [4.78, 5) is 0. The third kappa shape index (κ3) is 2.48. The van der Waals surface area contributed by atoms with Crippen LogP contribution < -0.4 is 0 Å². The van der Waals surface area contributed by atoms with Gasteiger partial charge in [0.1, 0.15) is 0 Å². The minimum absolute atomic E-state index is 0.198. The molecule has 1 aliphatic heterocycles. The molecule has 1 fully saturated rings. The van der Waals surface area contributed by atoms with E-state index in [0.29, 0.717) is 0 Å². The first-order valence-electron chi connectivity index (χ1n) is 3.28. The monoisotopic (exact) mass is 228 g/mol. The van der Waals surface area contributed by atoms with E-state index in [0.717, 1.165) is 13.2 Å². The fraction of sp³-hybridized carbons (Fsp3) is 1.00. The molecule has 1 saturated heterocycles. The quantitative estimate of drug-likeness (QED) is 0.462. The van der Waals surface area contributed by atoms with E-state index in [2.05, 4.69) is 28.9 Å². The van der Waals surface area contributed by atoms with Gasteiger partial charge in [-0.05, 0) is 0 Å². The van der Waals surface area contributed by atoms with Crippen molar-refractivity contribution < 1.29 is 9.05 Å². The van der Waals surface area contributed by atoms with E-state index in [1.54, 1.807) is 0 Å². The molecule has 0 spiro atoms. The van der Waals surface area contributed by atoms with Crippen LogP contribution in [0, 0.1) is 5.41 Å². The van der Waals surface area contributed by atoms with Gasteiger partial charge in [-0.1, -0.05) is 0 Å². The molecule has 0 aromatic heterocycles. The summed E-state index contributed by atoms with van der Waals surface area (Å²) in [7, 11) is 0. The van der Waals surface area contributed by atoms with Gasteiger partial charge in [-0.2, -0.15) is 0 Å². The molecule has 0 aliphatic carbocycles. The zero-order chi connectivity index (χ0) is 7.83. The van der Waals surface area contributed by atoms with E-state index in [-0.39, 0.29) is 5.41 Å². The van der Waals surface area contributed by atoms with Gasteiger partial charge in [-0.15, -0.1) is 0 Å². The Labute approximate surface area is 69.7 Å². The first-order valence-corrected chi connectivity index (χ1v) is 7.57.